The minimum atomic E-state index is 0.204. The Bertz CT molecular complexity index is 337. The van der Waals surface area contributed by atoms with Crippen molar-refractivity contribution in [1.82, 2.24) is 15.2 Å². The van der Waals surface area contributed by atoms with Crippen LogP contribution in [0, 0.1) is 6.92 Å². The molecule has 0 aromatic carbocycles. The zero-order valence-electron chi connectivity index (χ0n) is 11.2. The van der Waals surface area contributed by atoms with E-state index in [2.05, 4.69) is 23.5 Å². The summed E-state index contributed by atoms with van der Waals surface area (Å²) in [6.07, 6.45) is 1.97. The molecule has 0 aliphatic rings. The molecule has 3 N–H and O–H groups in total. The van der Waals surface area contributed by atoms with Gasteiger partial charge in [0.25, 0.3) is 0 Å². The van der Waals surface area contributed by atoms with E-state index in [1.165, 1.54) is 5.69 Å². The number of hydrazine groups is 1. The van der Waals surface area contributed by atoms with Crippen LogP contribution in [0.2, 0.25) is 0 Å². The molecule has 0 aliphatic carbocycles. The van der Waals surface area contributed by atoms with Gasteiger partial charge < -0.3 is 4.74 Å². The van der Waals surface area contributed by atoms with E-state index < -0.39 is 0 Å². The topological polar surface area (TPSA) is 65.1 Å². The minimum absolute atomic E-state index is 0.204. The molecule has 5 heteroatoms. The van der Waals surface area contributed by atoms with E-state index in [9.17, 15) is 0 Å². The van der Waals surface area contributed by atoms with Gasteiger partial charge in [-0.05, 0) is 33.3 Å². The molecule has 1 aromatic heterocycles. The highest BCUT2D eigenvalue weighted by molar-refractivity contribution is 5.10. The zero-order chi connectivity index (χ0) is 12.8. The SMILES string of the molecule is CCn1nc(C)cc1CC(CC(C)OC)NN. The summed E-state index contributed by atoms with van der Waals surface area (Å²) in [5, 5.41) is 4.43. The van der Waals surface area contributed by atoms with Gasteiger partial charge in [0.2, 0.25) is 0 Å². The second-order valence-corrected chi connectivity index (χ2v) is 4.44. The normalized spacial score (nSPS) is 14.9. The molecule has 2 atom stereocenters. The first-order chi connectivity index (χ1) is 8.10. The fraction of sp³-hybridized carbons (Fsp3) is 0.750. The first-order valence-corrected chi connectivity index (χ1v) is 6.12. The molecule has 0 saturated heterocycles. The number of ether oxygens (including phenoxy) is 1. The van der Waals surface area contributed by atoms with E-state index >= 15 is 0 Å². The van der Waals surface area contributed by atoms with Crippen LogP contribution in [-0.2, 0) is 17.7 Å². The van der Waals surface area contributed by atoms with Crippen molar-refractivity contribution < 1.29 is 4.74 Å². The van der Waals surface area contributed by atoms with Crippen LogP contribution in [0.1, 0.15) is 31.7 Å². The van der Waals surface area contributed by atoms with Gasteiger partial charge in [0.1, 0.15) is 0 Å². The standard InChI is InChI=1S/C12H24N4O/c1-5-16-12(6-9(2)15-16)8-11(14-13)7-10(3)17-4/h6,10-11,14H,5,7-8,13H2,1-4H3. The predicted molar refractivity (Wildman–Crippen MR) is 68.5 cm³/mol. The van der Waals surface area contributed by atoms with Crippen molar-refractivity contribution >= 4 is 0 Å². The van der Waals surface area contributed by atoms with Crippen LogP contribution >= 0.6 is 0 Å². The van der Waals surface area contributed by atoms with Gasteiger partial charge >= 0.3 is 0 Å². The molecule has 17 heavy (non-hydrogen) atoms. The van der Waals surface area contributed by atoms with Gasteiger partial charge in [0, 0.05) is 31.8 Å². The van der Waals surface area contributed by atoms with E-state index in [0.29, 0.717) is 0 Å². The minimum Gasteiger partial charge on any atom is -0.382 e. The smallest absolute Gasteiger partial charge is 0.0596 e. The molecule has 0 radical (unpaired) electrons. The average Bonchev–Trinajstić information content (AvgIpc) is 2.68. The molecule has 5 nitrogen and oxygen atoms in total. The highest BCUT2D eigenvalue weighted by atomic mass is 16.5. The van der Waals surface area contributed by atoms with Crippen molar-refractivity contribution in [3.63, 3.8) is 0 Å². The molecule has 1 aromatic rings. The van der Waals surface area contributed by atoms with Gasteiger partial charge in [-0.3, -0.25) is 16.0 Å². The van der Waals surface area contributed by atoms with Crippen molar-refractivity contribution in [3.8, 4) is 0 Å². The fourth-order valence-electron chi connectivity index (χ4n) is 2.00. The molecule has 0 bridgehead atoms. The first kappa shape index (κ1) is 14.2. The Labute approximate surface area is 103 Å². The molecule has 1 heterocycles. The molecule has 2 unspecified atom stereocenters. The highest BCUT2D eigenvalue weighted by Gasteiger charge is 2.15. The largest absolute Gasteiger partial charge is 0.382 e. The van der Waals surface area contributed by atoms with Crippen molar-refractivity contribution in [2.24, 2.45) is 5.84 Å². The molecule has 1 rings (SSSR count). The summed E-state index contributed by atoms with van der Waals surface area (Å²) >= 11 is 0. The summed E-state index contributed by atoms with van der Waals surface area (Å²) in [7, 11) is 1.72. The Kier molecular flexibility index (Phi) is 5.61. The van der Waals surface area contributed by atoms with Gasteiger partial charge in [-0.1, -0.05) is 0 Å². The summed E-state index contributed by atoms with van der Waals surface area (Å²) in [4.78, 5) is 0. The molecule has 98 valence electrons. The van der Waals surface area contributed by atoms with Gasteiger partial charge in [-0.15, -0.1) is 0 Å². The number of rotatable bonds is 7. The molecule has 0 spiro atoms. The molecule has 0 saturated carbocycles. The number of hydrogen-bond acceptors (Lipinski definition) is 4. The molecular weight excluding hydrogens is 216 g/mol. The van der Waals surface area contributed by atoms with E-state index in [4.69, 9.17) is 10.6 Å². The monoisotopic (exact) mass is 240 g/mol. The number of hydrogen-bond donors (Lipinski definition) is 2. The second-order valence-electron chi connectivity index (χ2n) is 4.44. The van der Waals surface area contributed by atoms with Crippen molar-refractivity contribution in [2.75, 3.05) is 7.11 Å². The number of nitrogens with zero attached hydrogens (tertiary/aromatic N) is 2. The molecule has 0 amide bonds. The number of nitrogens with one attached hydrogen (secondary N) is 1. The van der Waals surface area contributed by atoms with Crippen LogP contribution in [-0.4, -0.2) is 29.0 Å². The van der Waals surface area contributed by atoms with Crippen LogP contribution in [0.5, 0.6) is 0 Å². The summed E-state index contributed by atoms with van der Waals surface area (Å²) in [6, 6.07) is 2.33. The number of nitrogens with two attached hydrogens (primary N) is 1. The van der Waals surface area contributed by atoms with Crippen LogP contribution in [0.3, 0.4) is 0 Å². The Morgan fingerprint density at radius 3 is 2.82 bits per heavy atom. The summed E-state index contributed by atoms with van der Waals surface area (Å²) in [5.41, 5.74) is 5.13. The van der Waals surface area contributed by atoms with Gasteiger partial charge in [0.05, 0.1) is 11.8 Å². The lowest BCUT2D eigenvalue weighted by atomic mass is 10.1. The van der Waals surface area contributed by atoms with Crippen molar-refractivity contribution in [1.29, 1.82) is 0 Å². The zero-order valence-corrected chi connectivity index (χ0v) is 11.2. The van der Waals surface area contributed by atoms with Crippen LogP contribution in [0.4, 0.5) is 0 Å². The van der Waals surface area contributed by atoms with Crippen molar-refractivity contribution in [2.45, 2.75) is 52.3 Å². The lowest BCUT2D eigenvalue weighted by Crippen LogP contribution is -2.39. The van der Waals surface area contributed by atoms with Crippen LogP contribution in [0.25, 0.3) is 0 Å². The Morgan fingerprint density at radius 1 is 1.59 bits per heavy atom. The van der Waals surface area contributed by atoms with E-state index in [0.717, 1.165) is 25.1 Å². The lowest BCUT2D eigenvalue weighted by Gasteiger charge is -2.19. The Balaban J connectivity index is 2.66. The summed E-state index contributed by atoms with van der Waals surface area (Å²) < 4.78 is 7.29. The third kappa shape index (κ3) is 4.11. The summed E-state index contributed by atoms with van der Waals surface area (Å²) in [6.45, 7) is 7.05. The third-order valence-corrected chi connectivity index (χ3v) is 3.00. The quantitative estimate of drug-likeness (QED) is 0.551. The van der Waals surface area contributed by atoms with Gasteiger partial charge in [-0.25, -0.2) is 0 Å². The van der Waals surface area contributed by atoms with Gasteiger partial charge in [-0.2, -0.15) is 5.10 Å². The Hall–Kier alpha value is -0.910. The number of methoxy groups -OCH3 is 1. The summed E-state index contributed by atoms with van der Waals surface area (Å²) in [5.74, 6) is 5.59. The van der Waals surface area contributed by atoms with Crippen LogP contribution < -0.4 is 11.3 Å². The number of aromatic nitrogens is 2. The lowest BCUT2D eigenvalue weighted by molar-refractivity contribution is 0.100. The predicted octanol–water partition coefficient (Wildman–Crippen LogP) is 1.01. The molecule has 0 fully saturated rings. The van der Waals surface area contributed by atoms with E-state index in [1.54, 1.807) is 7.11 Å². The van der Waals surface area contributed by atoms with E-state index in [1.807, 2.05) is 18.5 Å². The maximum Gasteiger partial charge on any atom is 0.0596 e. The maximum absolute atomic E-state index is 5.59. The van der Waals surface area contributed by atoms with Gasteiger partial charge in [0.15, 0.2) is 0 Å². The first-order valence-electron chi connectivity index (χ1n) is 6.12. The second kappa shape index (κ2) is 6.74. The molecular formula is C12H24N4O. The molecule has 0 aliphatic heterocycles. The van der Waals surface area contributed by atoms with Crippen LogP contribution in [0.15, 0.2) is 6.07 Å². The fourth-order valence-corrected chi connectivity index (χ4v) is 2.00. The number of aryl methyl sites for hydroxylation is 2. The Morgan fingerprint density at radius 2 is 2.29 bits per heavy atom. The van der Waals surface area contributed by atoms with Crippen molar-refractivity contribution in [3.05, 3.63) is 17.5 Å². The van der Waals surface area contributed by atoms with E-state index in [-0.39, 0.29) is 12.1 Å². The highest BCUT2D eigenvalue weighted by Crippen LogP contribution is 2.10. The maximum atomic E-state index is 5.59. The third-order valence-electron chi connectivity index (χ3n) is 3.00. The average molecular weight is 240 g/mol.